The van der Waals surface area contributed by atoms with Gasteiger partial charge in [-0.05, 0) is 75.0 Å². The molecule has 2 heterocycles. The van der Waals surface area contributed by atoms with Crippen molar-refractivity contribution in [2.45, 2.75) is 66.7 Å². The lowest BCUT2D eigenvalue weighted by molar-refractivity contribution is 0.0965. The standard InChI is InChI=1S/C23H30N4O.C4H9N.C2H6/c1-6-8-12-21-17(4)25-22(27-21)16(3)13-20(15-24-5)26-23(28)19-11-9-10-18(7-2)14-19;1-2-4-5-3-1;1-2/h8-12,14-15,24H,3,6-7,13H2,1-2,4-5H3,(H,25,27)(H,26,28);5H,1-4H2;1-2H3/b12-8-,20-15+;;. The highest BCUT2D eigenvalue weighted by atomic mass is 16.1. The third-order valence-electron chi connectivity index (χ3n) is 5.32. The number of nitrogens with zero attached hydrogens (tertiary/aromatic N) is 1. The minimum Gasteiger partial charge on any atom is -0.393 e. The summed E-state index contributed by atoms with van der Waals surface area (Å²) in [6.45, 7) is 16.8. The molecule has 1 saturated heterocycles. The molecule has 0 unspecified atom stereocenters. The average Bonchev–Trinajstić information content (AvgIpc) is 3.58. The molecule has 0 atom stereocenters. The van der Waals surface area contributed by atoms with Crippen LogP contribution in [0.3, 0.4) is 0 Å². The first-order valence-corrected chi connectivity index (χ1v) is 12.9. The number of allylic oxidation sites excluding steroid dienone is 2. The Morgan fingerprint density at radius 3 is 2.49 bits per heavy atom. The molecule has 1 aromatic carbocycles. The topological polar surface area (TPSA) is 81.8 Å². The van der Waals surface area contributed by atoms with E-state index in [2.05, 4.69) is 52.4 Å². The number of imidazole rings is 1. The smallest absolute Gasteiger partial charge is 0.255 e. The molecule has 3 rings (SSSR count). The summed E-state index contributed by atoms with van der Waals surface area (Å²) in [6, 6.07) is 7.67. The summed E-state index contributed by atoms with van der Waals surface area (Å²) in [6.07, 6.45) is 11.0. The van der Waals surface area contributed by atoms with Gasteiger partial charge in [-0.15, -0.1) is 0 Å². The molecule has 2 aromatic rings. The fourth-order valence-corrected chi connectivity index (χ4v) is 3.43. The second-order valence-electron chi connectivity index (χ2n) is 8.11. The van der Waals surface area contributed by atoms with Gasteiger partial charge in [0.15, 0.2) is 0 Å². The third kappa shape index (κ3) is 10.8. The van der Waals surface area contributed by atoms with E-state index in [1.807, 2.05) is 51.1 Å². The molecular weight excluding hydrogens is 434 g/mol. The Morgan fingerprint density at radius 2 is 1.91 bits per heavy atom. The van der Waals surface area contributed by atoms with Gasteiger partial charge in [0.1, 0.15) is 5.82 Å². The molecule has 192 valence electrons. The van der Waals surface area contributed by atoms with Gasteiger partial charge < -0.3 is 20.9 Å². The fraction of sp³-hybridized carbons (Fsp3) is 0.448. The van der Waals surface area contributed by atoms with Gasteiger partial charge in [0.05, 0.1) is 5.69 Å². The number of H-pyrrole nitrogens is 1. The molecule has 1 aromatic heterocycles. The van der Waals surface area contributed by atoms with Gasteiger partial charge in [0.2, 0.25) is 0 Å². The molecule has 0 spiro atoms. The molecule has 0 aliphatic carbocycles. The molecule has 0 bridgehead atoms. The summed E-state index contributed by atoms with van der Waals surface area (Å²) in [7, 11) is 1.80. The van der Waals surface area contributed by atoms with Crippen LogP contribution in [-0.4, -0.2) is 36.0 Å². The van der Waals surface area contributed by atoms with E-state index in [0.29, 0.717) is 12.0 Å². The average molecular weight is 480 g/mol. The number of carbonyl (C=O) groups excluding carboxylic acids is 1. The number of aromatic nitrogens is 2. The summed E-state index contributed by atoms with van der Waals surface area (Å²) in [5, 5.41) is 9.20. The number of nitrogens with one attached hydrogen (secondary N) is 4. The summed E-state index contributed by atoms with van der Waals surface area (Å²) in [5.74, 6) is 0.601. The lowest BCUT2D eigenvalue weighted by atomic mass is 10.1. The first-order valence-electron chi connectivity index (χ1n) is 12.9. The normalized spacial score (nSPS) is 12.9. The Balaban J connectivity index is 0.000000759. The zero-order valence-electron chi connectivity index (χ0n) is 22.6. The van der Waals surface area contributed by atoms with Crippen LogP contribution in [0.5, 0.6) is 0 Å². The van der Waals surface area contributed by atoms with Crippen molar-refractivity contribution in [3.8, 4) is 0 Å². The van der Waals surface area contributed by atoms with E-state index in [9.17, 15) is 4.79 Å². The Kier molecular flexibility index (Phi) is 14.8. The van der Waals surface area contributed by atoms with Crippen LogP contribution in [0.25, 0.3) is 11.6 Å². The molecule has 0 radical (unpaired) electrons. The van der Waals surface area contributed by atoms with E-state index >= 15 is 0 Å². The lowest BCUT2D eigenvalue weighted by Crippen LogP contribution is -2.24. The highest BCUT2D eigenvalue weighted by Crippen LogP contribution is 2.20. The van der Waals surface area contributed by atoms with Gasteiger partial charge in [-0.3, -0.25) is 4.79 Å². The van der Waals surface area contributed by atoms with Crippen LogP contribution < -0.4 is 16.0 Å². The second kappa shape index (κ2) is 17.3. The fourth-order valence-electron chi connectivity index (χ4n) is 3.43. The van der Waals surface area contributed by atoms with E-state index in [0.717, 1.165) is 46.9 Å². The molecule has 1 aliphatic heterocycles. The van der Waals surface area contributed by atoms with Crippen LogP contribution in [0.2, 0.25) is 0 Å². The predicted octanol–water partition coefficient (Wildman–Crippen LogP) is 5.99. The number of carbonyl (C=O) groups is 1. The maximum atomic E-state index is 12.7. The highest BCUT2D eigenvalue weighted by molar-refractivity contribution is 5.95. The molecule has 0 saturated carbocycles. The Morgan fingerprint density at radius 1 is 1.20 bits per heavy atom. The molecular formula is C29H45N5O. The van der Waals surface area contributed by atoms with E-state index in [1.54, 1.807) is 13.2 Å². The quantitative estimate of drug-likeness (QED) is 0.356. The Labute approximate surface area is 212 Å². The maximum Gasteiger partial charge on any atom is 0.255 e. The summed E-state index contributed by atoms with van der Waals surface area (Å²) in [4.78, 5) is 20.5. The minimum atomic E-state index is -0.133. The number of aryl methyl sites for hydroxylation is 2. The van der Waals surface area contributed by atoms with E-state index < -0.39 is 0 Å². The number of rotatable bonds is 9. The molecule has 1 aliphatic rings. The van der Waals surface area contributed by atoms with Crippen molar-refractivity contribution in [3.63, 3.8) is 0 Å². The molecule has 6 heteroatoms. The van der Waals surface area contributed by atoms with Crippen LogP contribution in [0.15, 0.2) is 48.8 Å². The monoisotopic (exact) mass is 479 g/mol. The third-order valence-corrected chi connectivity index (χ3v) is 5.32. The molecule has 35 heavy (non-hydrogen) atoms. The number of hydrogen-bond donors (Lipinski definition) is 4. The Bertz CT molecular complexity index is 960. The van der Waals surface area contributed by atoms with Crippen molar-refractivity contribution in [1.29, 1.82) is 0 Å². The van der Waals surface area contributed by atoms with Crippen LogP contribution in [0.4, 0.5) is 0 Å². The number of hydrogen-bond acceptors (Lipinski definition) is 4. The number of benzene rings is 1. The van der Waals surface area contributed by atoms with Crippen LogP contribution >= 0.6 is 0 Å². The van der Waals surface area contributed by atoms with Crippen LogP contribution in [-0.2, 0) is 6.42 Å². The number of amides is 1. The van der Waals surface area contributed by atoms with Crippen molar-refractivity contribution in [2.24, 2.45) is 0 Å². The van der Waals surface area contributed by atoms with E-state index in [4.69, 9.17) is 0 Å². The first-order chi connectivity index (χ1) is 17.0. The van der Waals surface area contributed by atoms with Crippen molar-refractivity contribution in [1.82, 2.24) is 25.9 Å². The highest BCUT2D eigenvalue weighted by Gasteiger charge is 2.13. The lowest BCUT2D eigenvalue weighted by Gasteiger charge is -2.12. The zero-order chi connectivity index (χ0) is 26.1. The van der Waals surface area contributed by atoms with Crippen molar-refractivity contribution < 1.29 is 4.79 Å². The zero-order valence-corrected chi connectivity index (χ0v) is 22.6. The molecule has 1 amide bonds. The van der Waals surface area contributed by atoms with Gasteiger partial charge in [-0.25, -0.2) is 4.98 Å². The number of aromatic amines is 1. The molecule has 6 nitrogen and oxygen atoms in total. The SMILES string of the molecule is C1CCNC1.C=C(C/C(=C\NC)NC(=O)c1cccc(CC)c1)c1nc(/C=C\CC)c(C)[nH]1.CC. The van der Waals surface area contributed by atoms with E-state index in [1.165, 1.54) is 25.9 Å². The molecule has 1 fully saturated rings. The maximum absolute atomic E-state index is 12.7. The van der Waals surface area contributed by atoms with E-state index in [-0.39, 0.29) is 5.91 Å². The largest absolute Gasteiger partial charge is 0.393 e. The van der Waals surface area contributed by atoms with Crippen molar-refractivity contribution in [2.75, 3.05) is 20.1 Å². The predicted molar refractivity (Wildman–Crippen MR) is 150 cm³/mol. The molecule has 4 N–H and O–H groups in total. The summed E-state index contributed by atoms with van der Waals surface area (Å²) in [5.41, 5.74) is 5.24. The van der Waals surface area contributed by atoms with Crippen LogP contribution in [0, 0.1) is 6.92 Å². The summed E-state index contributed by atoms with van der Waals surface area (Å²) >= 11 is 0. The van der Waals surface area contributed by atoms with Gasteiger partial charge in [-0.1, -0.05) is 52.5 Å². The first kappa shape index (κ1) is 29.9. The van der Waals surface area contributed by atoms with Gasteiger partial charge >= 0.3 is 0 Å². The Hall–Kier alpha value is -3.12. The van der Waals surface area contributed by atoms with Crippen molar-refractivity contribution in [3.05, 3.63) is 77.2 Å². The van der Waals surface area contributed by atoms with Crippen molar-refractivity contribution >= 4 is 17.6 Å². The van der Waals surface area contributed by atoms with Gasteiger partial charge in [-0.2, -0.15) is 0 Å². The van der Waals surface area contributed by atoms with Crippen LogP contribution in [0.1, 0.15) is 86.5 Å². The second-order valence-corrected chi connectivity index (χ2v) is 8.11. The minimum absolute atomic E-state index is 0.133. The summed E-state index contributed by atoms with van der Waals surface area (Å²) < 4.78 is 0. The van der Waals surface area contributed by atoms with Gasteiger partial charge in [0, 0.05) is 36.6 Å². The van der Waals surface area contributed by atoms with Gasteiger partial charge in [0.25, 0.3) is 5.91 Å².